The number of aromatic nitrogens is 3. The third-order valence-corrected chi connectivity index (χ3v) is 5.99. The molecule has 34 heavy (non-hydrogen) atoms. The van der Waals surface area contributed by atoms with E-state index in [9.17, 15) is 4.79 Å². The first kappa shape index (κ1) is 24.0. The van der Waals surface area contributed by atoms with E-state index < -0.39 is 11.7 Å². The highest BCUT2D eigenvalue weighted by Gasteiger charge is 2.17. The molecule has 4 rings (SSSR count). The summed E-state index contributed by atoms with van der Waals surface area (Å²) >= 11 is 8.02. The highest BCUT2D eigenvalue weighted by Crippen LogP contribution is 2.38. The van der Waals surface area contributed by atoms with Crippen LogP contribution in [0.2, 0.25) is 5.02 Å². The Balaban J connectivity index is 1.55. The third kappa shape index (κ3) is 5.48. The number of amides is 1. The molecule has 1 N–H and O–H groups in total. The number of aryl methyl sites for hydroxylation is 1. The van der Waals surface area contributed by atoms with Crippen molar-refractivity contribution in [2.24, 2.45) is 0 Å². The van der Waals surface area contributed by atoms with Crippen molar-refractivity contribution >= 4 is 50.3 Å². The SMILES string of the molecule is COc1cnc2c(-c3nc4c(Cl)cc(OCCNC(=O)OC(C)(C)C)cc4s3)cc(C)cc2n1. The highest BCUT2D eigenvalue weighted by molar-refractivity contribution is 7.21. The number of thiazole rings is 1. The van der Waals surface area contributed by atoms with Crippen LogP contribution in [-0.2, 0) is 4.74 Å². The number of carbonyl (C=O) groups is 1. The maximum Gasteiger partial charge on any atom is 0.407 e. The molecule has 0 atom stereocenters. The average molecular weight is 501 g/mol. The van der Waals surface area contributed by atoms with E-state index in [1.807, 2.05) is 45.9 Å². The van der Waals surface area contributed by atoms with Gasteiger partial charge in [-0.25, -0.2) is 19.7 Å². The first-order chi connectivity index (χ1) is 16.1. The predicted molar refractivity (Wildman–Crippen MR) is 134 cm³/mol. The van der Waals surface area contributed by atoms with Gasteiger partial charge in [0, 0.05) is 11.6 Å². The van der Waals surface area contributed by atoms with E-state index in [-0.39, 0.29) is 6.61 Å². The smallest absolute Gasteiger partial charge is 0.407 e. The Kier molecular flexibility index (Phi) is 6.77. The van der Waals surface area contributed by atoms with Crippen LogP contribution in [0.25, 0.3) is 31.8 Å². The van der Waals surface area contributed by atoms with Gasteiger partial charge in [0.25, 0.3) is 0 Å². The van der Waals surface area contributed by atoms with E-state index in [2.05, 4.69) is 15.3 Å². The molecule has 178 valence electrons. The summed E-state index contributed by atoms with van der Waals surface area (Å²) in [5, 5.41) is 3.94. The summed E-state index contributed by atoms with van der Waals surface area (Å²) < 4.78 is 17.1. The third-order valence-electron chi connectivity index (χ3n) is 4.67. The second-order valence-corrected chi connectivity index (χ2v) is 10.1. The zero-order valence-corrected chi connectivity index (χ0v) is 21.1. The minimum absolute atomic E-state index is 0.271. The first-order valence-electron chi connectivity index (χ1n) is 10.6. The largest absolute Gasteiger partial charge is 0.492 e. The van der Waals surface area contributed by atoms with Crippen molar-refractivity contribution < 1.29 is 19.0 Å². The average Bonchev–Trinajstić information content (AvgIpc) is 3.19. The predicted octanol–water partition coefficient (Wildman–Crippen LogP) is 5.78. The van der Waals surface area contributed by atoms with Gasteiger partial charge in [-0.1, -0.05) is 11.6 Å². The van der Waals surface area contributed by atoms with Gasteiger partial charge in [-0.3, -0.25) is 0 Å². The fourth-order valence-corrected chi connectivity index (χ4v) is 4.65. The summed E-state index contributed by atoms with van der Waals surface area (Å²) in [7, 11) is 1.56. The van der Waals surface area contributed by atoms with Gasteiger partial charge in [0.05, 0.1) is 40.6 Å². The minimum atomic E-state index is -0.548. The number of carbonyl (C=O) groups excluding carboxylic acids is 1. The summed E-state index contributed by atoms with van der Waals surface area (Å²) in [5.74, 6) is 1.05. The van der Waals surface area contributed by atoms with Gasteiger partial charge in [0.2, 0.25) is 5.88 Å². The van der Waals surface area contributed by atoms with Crippen LogP contribution in [0.5, 0.6) is 11.6 Å². The molecule has 1 amide bonds. The first-order valence-corrected chi connectivity index (χ1v) is 11.8. The summed E-state index contributed by atoms with van der Waals surface area (Å²) in [6.07, 6.45) is 1.11. The Morgan fingerprint density at radius 2 is 1.94 bits per heavy atom. The van der Waals surface area contributed by atoms with Gasteiger partial charge >= 0.3 is 6.09 Å². The second-order valence-electron chi connectivity index (χ2n) is 8.64. The number of hydrogen-bond donors (Lipinski definition) is 1. The lowest BCUT2D eigenvalue weighted by molar-refractivity contribution is 0.0520. The van der Waals surface area contributed by atoms with E-state index in [1.54, 1.807) is 19.4 Å². The molecule has 0 saturated heterocycles. The van der Waals surface area contributed by atoms with Crippen LogP contribution in [0, 0.1) is 6.92 Å². The maximum atomic E-state index is 11.8. The quantitative estimate of drug-likeness (QED) is 0.335. The number of methoxy groups -OCH3 is 1. The molecule has 2 aromatic heterocycles. The summed E-state index contributed by atoms with van der Waals surface area (Å²) in [5.41, 5.74) is 3.54. The van der Waals surface area contributed by atoms with Crippen LogP contribution in [0.1, 0.15) is 26.3 Å². The van der Waals surface area contributed by atoms with Crippen molar-refractivity contribution in [3.63, 3.8) is 0 Å². The van der Waals surface area contributed by atoms with Crippen LogP contribution >= 0.6 is 22.9 Å². The Bertz CT molecular complexity index is 1370. The standard InChI is InChI=1S/C24H25ClN4O4S/c1-13-8-15(20-17(9-13)28-19(31-5)12-27-20)22-29-21-16(25)10-14(11-18(21)34-22)32-7-6-26-23(30)33-24(2,3)4/h8-12H,6-7H2,1-5H3,(H,26,30). The number of fused-ring (bicyclic) bond motifs is 2. The molecule has 0 radical (unpaired) electrons. The second kappa shape index (κ2) is 9.60. The number of rotatable bonds is 6. The summed E-state index contributed by atoms with van der Waals surface area (Å²) in [6.45, 7) is 8.01. The monoisotopic (exact) mass is 500 g/mol. The summed E-state index contributed by atoms with van der Waals surface area (Å²) in [6, 6.07) is 7.61. The molecule has 0 fully saturated rings. The highest BCUT2D eigenvalue weighted by atomic mass is 35.5. The number of nitrogens with one attached hydrogen (secondary N) is 1. The number of hydrogen-bond acceptors (Lipinski definition) is 8. The Hall–Kier alpha value is -3.17. The van der Waals surface area contributed by atoms with Crippen LogP contribution in [0.3, 0.4) is 0 Å². The Morgan fingerprint density at radius 1 is 1.15 bits per heavy atom. The number of ether oxygens (including phenoxy) is 3. The molecular formula is C24H25ClN4O4S. The van der Waals surface area contributed by atoms with Gasteiger partial charge in [-0.15, -0.1) is 11.3 Å². The molecule has 0 aliphatic rings. The van der Waals surface area contributed by atoms with E-state index in [0.717, 1.165) is 31.9 Å². The van der Waals surface area contributed by atoms with Crippen LogP contribution < -0.4 is 14.8 Å². The molecule has 8 nitrogen and oxygen atoms in total. The van der Waals surface area contributed by atoms with Gasteiger partial charge in [-0.05, 0) is 51.5 Å². The van der Waals surface area contributed by atoms with E-state index >= 15 is 0 Å². The molecule has 2 heterocycles. The molecule has 4 aromatic rings. The molecule has 2 aromatic carbocycles. The van der Waals surface area contributed by atoms with Crippen molar-refractivity contribution in [2.75, 3.05) is 20.3 Å². The number of alkyl carbamates (subject to hydrolysis) is 1. The van der Waals surface area contributed by atoms with E-state index in [0.29, 0.717) is 28.7 Å². The molecule has 0 saturated carbocycles. The summed E-state index contributed by atoms with van der Waals surface area (Å²) in [4.78, 5) is 25.6. The Morgan fingerprint density at radius 3 is 2.68 bits per heavy atom. The molecule has 0 bridgehead atoms. The van der Waals surface area contributed by atoms with Gasteiger partial charge in [0.15, 0.2) is 0 Å². The number of benzene rings is 2. The lowest BCUT2D eigenvalue weighted by Crippen LogP contribution is -2.34. The molecule has 0 unspecified atom stereocenters. The molecule has 10 heteroatoms. The van der Waals surface area contributed by atoms with Crippen LogP contribution in [-0.4, -0.2) is 46.9 Å². The number of nitrogens with zero attached hydrogens (tertiary/aromatic N) is 3. The zero-order valence-electron chi connectivity index (χ0n) is 19.6. The molecule has 0 spiro atoms. The van der Waals surface area contributed by atoms with Crippen molar-refractivity contribution in [3.8, 4) is 22.2 Å². The van der Waals surface area contributed by atoms with E-state index in [4.69, 9.17) is 30.8 Å². The van der Waals surface area contributed by atoms with Gasteiger partial charge in [0.1, 0.15) is 28.5 Å². The van der Waals surface area contributed by atoms with Gasteiger partial charge in [-0.2, -0.15) is 0 Å². The minimum Gasteiger partial charge on any atom is -0.492 e. The van der Waals surface area contributed by atoms with E-state index in [1.165, 1.54) is 11.3 Å². The van der Waals surface area contributed by atoms with Crippen molar-refractivity contribution in [2.45, 2.75) is 33.3 Å². The Labute approximate surface area is 206 Å². The maximum absolute atomic E-state index is 11.8. The molecule has 0 aliphatic heterocycles. The fourth-order valence-electron chi connectivity index (χ4n) is 3.31. The normalized spacial score (nSPS) is 11.6. The van der Waals surface area contributed by atoms with Crippen molar-refractivity contribution in [3.05, 3.63) is 41.0 Å². The lowest BCUT2D eigenvalue weighted by atomic mass is 10.1. The zero-order chi connectivity index (χ0) is 24.5. The van der Waals surface area contributed by atoms with Crippen molar-refractivity contribution in [1.82, 2.24) is 20.3 Å². The fraction of sp³-hybridized carbons (Fsp3) is 0.333. The molecular weight excluding hydrogens is 476 g/mol. The van der Waals surface area contributed by atoms with Crippen molar-refractivity contribution in [1.29, 1.82) is 0 Å². The van der Waals surface area contributed by atoms with Gasteiger partial charge < -0.3 is 19.5 Å². The number of halogens is 1. The van der Waals surface area contributed by atoms with Crippen LogP contribution in [0.4, 0.5) is 4.79 Å². The molecule has 0 aliphatic carbocycles. The lowest BCUT2D eigenvalue weighted by Gasteiger charge is -2.19. The van der Waals surface area contributed by atoms with Crippen LogP contribution in [0.15, 0.2) is 30.5 Å². The topological polar surface area (TPSA) is 95.5 Å².